The van der Waals surface area contributed by atoms with E-state index in [0.29, 0.717) is 11.7 Å². The molecule has 4 rings (SSSR count). The number of hydrogen-bond acceptors (Lipinski definition) is 5. The van der Waals surface area contributed by atoms with Crippen LogP contribution in [0.1, 0.15) is 21.5 Å². The Balaban J connectivity index is 1.40. The summed E-state index contributed by atoms with van der Waals surface area (Å²) >= 11 is 0. The second-order valence-corrected chi connectivity index (χ2v) is 6.80. The number of aromatic nitrogens is 3. The summed E-state index contributed by atoms with van der Waals surface area (Å²) in [6.07, 6.45) is 1.69. The van der Waals surface area contributed by atoms with E-state index in [2.05, 4.69) is 20.3 Å². The van der Waals surface area contributed by atoms with Crippen molar-refractivity contribution in [2.75, 3.05) is 5.32 Å². The monoisotopic (exact) mass is 401 g/mol. The number of nitrogens with two attached hydrogens (primary N) is 1. The normalized spacial score (nSPS) is 10.7. The van der Waals surface area contributed by atoms with Crippen molar-refractivity contribution < 1.29 is 14.3 Å². The highest BCUT2D eigenvalue weighted by atomic mass is 16.5. The number of carbonyl (C=O) groups is 2. The number of amides is 2. The molecule has 0 spiro atoms. The van der Waals surface area contributed by atoms with Crippen LogP contribution in [0.3, 0.4) is 0 Å². The van der Waals surface area contributed by atoms with Crippen molar-refractivity contribution in [3.8, 4) is 11.6 Å². The minimum atomic E-state index is -0.618. The predicted octanol–water partition coefficient (Wildman–Crippen LogP) is 3.34. The SMILES string of the molecule is Cc1ccc2[nH]c(NC(=O)Cc3ccc(Oc4ncccc4C(N)=O)cc3)nc2c1. The largest absolute Gasteiger partial charge is 0.438 e. The van der Waals surface area contributed by atoms with Gasteiger partial charge in [-0.2, -0.15) is 0 Å². The van der Waals surface area contributed by atoms with E-state index in [0.717, 1.165) is 22.2 Å². The molecule has 0 atom stereocenters. The van der Waals surface area contributed by atoms with Gasteiger partial charge in [0, 0.05) is 6.20 Å². The van der Waals surface area contributed by atoms with Crippen LogP contribution in [0.4, 0.5) is 5.95 Å². The summed E-state index contributed by atoms with van der Waals surface area (Å²) in [5.74, 6) is 0.214. The van der Waals surface area contributed by atoms with Crippen molar-refractivity contribution in [3.63, 3.8) is 0 Å². The van der Waals surface area contributed by atoms with Gasteiger partial charge in [0.1, 0.15) is 11.3 Å². The lowest BCUT2D eigenvalue weighted by Gasteiger charge is -2.08. The molecule has 0 aliphatic rings. The lowest BCUT2D eigenvalue weighted by molar-refractivity contribution is -0.115. The zero-order valence-electron chi connectivity index (χ0n) is 16.2. The van der Waals surface area contributed by atoms with E-state index in [1.807, 2.05) is 25.1 Å². The summed E-state index contributed by atoms with van der Waals surface area (Å²) in [5, 5.41) is 2.78. The van der Waals surface area contributed by atoms with Gasteiger partial charge in [0.15, 0.2) is 0 Å². The zero-order valence-corrected chi connectivity index (χ0v) is 16.2. The molecular formula is C22H19N5O3. The number of ether oxygens (including phenoxy) is 1. The third-order valence-electron chi connectivity index (χ3n) is 4.44. The van der Waals surface area contributed by atoms with E-state index >= 15 is 0 Å². The first-order valence-corrected chi connectivity index (χ1v) is 9.26. The number of anilines is 1. The van der Waals surface area contributed by atoms with Crippen LogP contribution in [0.5, 0.6) is 11.6 Å². The van der Waals surface area contributed by atoms with Gasteiger partial charge in [0.05, 0.1) is 17.5 Å². The Morgan fingerprint density at radius 2 is 1.93 bits per heavy atom. The van der Waals surface area contributed by atoms with Crippen LogP contribution in [-0.4, -0.2) is 26.8 Å². The molecule has 2 amide bonds. The number of nitrogens with one attached hydrogen (secondary N) is 2. The molecule has 0 aliphatic heterocycles. The van der Waals surface area contributed by atoms with Crippen molar-refractivity contribution in [2.45, 2.75) is 13.3 Å². The van der Waals surface area contributed by atoms with Crippen molar-refractivity contribution in [1.82, 2.24) is 15.0 Å². The standard InChI is InChI=1S/C22H19N5O3/c1-13-4-9-17-18(11-13)26-22(25-17)27-19(28)12-14-5-7-15(8-6-14)30-21-16(20(23)29)3-2-10-24-21/h2-11H,12H2,1H3,(H2,23,29)(H2,25,26,27,28). The second kappa shape index (κ2) is 8.04. The molecule has 4 N–H and O–H groups in total. The van der Waals surface area contributed by atoms with Crippen molar-refractivity contribution in [1.29, 1.82) is 0 Å². The number of rotatable bonds is 6. The van der Waals surface area contributed by atoms with E-state index in [-0.39, 0.29) is 23.8 Å². The lowest BCUT2D eigenvalue weighted by atomic mass is 10.1. The van der Waals surface area contributed by atoms with Gasteiger partial charge in [-0.15, -0.1) is 0 Å². The molecule has 0 unspecified atom stereocenters. The molecule has 8 heteroatoms. The summed E-state index contributed by atoms with van der Waals surface area (Å²) in [6.45, 7) is 1.99. The molecular weight excluding hydrogens is 382 g/mol. The highest BCUT2D eigenvalue weighted by molar-refractivity contribution is 5.95. The van der Waals surface area contributed by atoms with Crippen LogP contribution in [0.15, 0.2) is 60.8 Å². The maximum absolute atomic E-state index is 12.4. The molecule has 0 bridgehead atoms. The number of H-pyrrole nitrogens is 1. The first kappa shape index (κ1) is 19.1. The van der Waals surface area contributed by atoms with Crippen molar-refractivity contribution in [2.24, 2.45) is 5.73 Å². The van der Waals surface area contributed by atoms with Crippen molar-refractivity contribution >= 4 is 28.8 Å². The Kier molecular flexibility index (Phi) is 5.13. The number of benzene rings is 2. The number of fused-ring (bicyclic) bond motifs is 1. The molecule has 0 saturated heterocycles. The smallest absolute Gasteiger partial charge is 0.254 e. The third-order valence-corrected chi connectivity index (χ3v) is 4.44. The minimum Gasteiger partial charge on any atom is -0.438 e. The van der Waals surface area contributed by atoms with Crippen LogP contribution in [0, 0.1) is 6.92 Å². The zero-order chi connectivity index (χ0) is 21.1. The fourth-order valence-corrected chi connectivity index (χ4v) is 2.98. The number of aromatic amines is 1. The maximum atomic E-state index is 12.4. The minimum absolute atomic E-state index is 0.135. The fourth-order valence-electron chi connectivity index (χ4n) is 2.98. The molecule has 2 heterocycles. The van der Waals surface area contributed by atoms with Crippen LogP contribution in [0.25, 0.3) is 11.0 Å². The number of imidazole rings is 1. The van der Waals surface area contributed by atoms with E-state index < -0.39 is 5.91 Å². The molecule has 0 radical (unpaired) electrons. The molecule has 2 aromatic heterocycles. The second-order valence-electron chi connectivity index (χ2n) is 6.80. The Hall–Kier alpha value is -4.20. The van der Waals surface area contributed by atoms with E-state index in [9.17, 15) is 9.59 Å². The number of primary amides is 1. The van der Waals surface area contributed by atoms with E-state index in [4.69, 9.17) is 10.5 Å². The first-order chi connectivity index (χ1) is 14.5. The number of aryl methyl sites for hydroxylation is 1. The third kappa shape index (κ3) is 4.27. The maximum Gasteiger partial charge on any atom is 0.254 e. The number of carbonyl (C=O) groups excluding carboxylic acids is 2. The Morgan fingerprint density at radius 3 is 2.70 bits per heavy atom. The molecule has 150 valence electrons. The number of hydrogen-bond donors (Lipinski definition) is 3. The van der Waals surface area contributed by atoms with Gasteiger partial charge in [0.2, 0.25) is 17.7 Å². The van der Waals surface area contributed by atoms with Gasteiger partial charge < -0.3 is 15.5 Å². The fraction of sp³-hybridized carbons (Fsp3) is 0.0909. The lowest BCUT2D eigenvalue weighted by Crippen LogP contribution is -2.15. The summed E-state index contributed by atoms with van der Waals surface area (Å²) in [5.41, 5.74) is 9.09. The summed E-state index contributed by atoms with van der Waals surface area (Å²) in [4.78, 5) is 35.3. The summed E-state index contributed by atoms with van der Waals surface area (Å²) in [7, 11) is 0. The van der Waals surface area contributed by atoms with Crippen LogP contribution in [0.2, 0.25) is 0 Å². The average Bonchev–Trinajstić information content (AvgIpc) is 3.10. The Bertz CT molecular complexity index is 1230. The highest BCUT2D eigenvalue weighted by Crippen LogP contribution is 2.23. The highest BCUT2D eigenvalue weighted by Gasteiger charge is 2.12. The van der Waals surface area contributed by atoms with Crippen LogP contribution >= 0.6 is 0 Å². The molecule has 0 aliphatic carbocycles. The Labute approximate surface area is 172 Å². The average molecular weight is 401 g/mol. The first-order valence-electron chi connectivity index (χ1n) is 9.26. The van der Waals surface area contributed by atoms with E-state index in [1.54, 1.807) is 36.4 Å². The number of pyridine rings is 1. The van der Waals surface area contributed by atoms with E-state index in [1.165, 1.54) is 6.20 Å². The molecule has 30 heavy (non-hydrogen) atoms. The predicted molar refractivity (Wildman–Crippen MR) is 112 cm³/mol. The van der Waals surface area contributed by atoms with Gasteiger partial charge in [-0.05, 0) is 54.4 Å². The van der Waals surface area contributed by atoms with Gasteiger partial charge >= 0.3 is 0 Å². The molecule has 2 aromatic carbocycles. The summed E-state index contributed by atoms with van der Waals surface area (Å²) < 4.78 is 5.64. The van der Waals surface area contributed by atoms with Gasteiger partial charge in [-0.1, -0.05) is 18.2 Å². The number of nitrogens with zero attached hydrogens (tertiary/aromatic N) is 2. The van der Waals surface area contributed by atoms with Crippen LogP contribution in [-0.2, 0) is 11.2 Å². The van der Waals surface area contributed by atoms with Crippen LogP contribution < -0.4 is 15.8 Å². The Morgan fingerprint density at radius 1 is 1.13 bits per heavy atom. The van der Waals surface area contributed by atoms with Crippen molar-refractivity contribution in [3.05, 3.63) is 77.5 Å². The van der Waals surface area contributed by atoms with Gasteiger partial charge in [-0.25, -0.2) is 9.97 Å². The molecule has 0 fully saturated rings. The molecule has 4 aromatic rings. The molecule has 0 saturated carbocycles. The molecule has 8 nitrogen and oxygen atoms in total. The topological polar surface area (TPSA) is 123 Å². The summed E-state index contributed by atoms with van der Waals surface area (Å²) in [6, 6.07) is 15.9. The van der Waals surface area contributed by atoms with Gasteiger partial charge in [-0.3, -0.25) is 14.9 Å². The van der Waals surface area contributed by atoms with Gasteiger partial charge in [0.25, 0.3) is 5.91 Å². The quantitative estimate of drug-likeness (QED) is 0.457.